The van der Waals surface area contributed by atoms with Crippen molar-refractivity contribution < 1.29 is 22.7 Å². The van der Waals surface area contributed by atoms with Gasteiger partial charge in [-0.25, -0.2) is 12.8 Å². The molecule has 22 heavy (non-hydrogen) atoms. The molecule has 0 aromatic heterocycles. The smallest absolute Gasteiger partial charge is 0.320 e. The van der Waals surface area contributed by atoms with Gasteiger partial charge in [0, 0.05) is 26.2 Å². The molecule has 1 N–H and O–H groups in total. The van der Waals surface area contributed by atoms with E-state index in [1.165, 1.54) is 10.4 Å². The third-order valence-electron chi connectivity index (χ3n) is 3.71. The van der Waals surface area contributed by atoms with E-state index >= 15 is 0 Å². The molecule has 0 unspecified atom stereocenters. The van der Waals surface area contributed by atoms with Gasteiger partial charge in [0.1, 0.15) is 11.9 Å². The molecule has 1 atom stereocenters. The van der Waals surface area contributed by atoms with E-state index in [0.717, 1.165) is 12.1 Å². The topological polar surface area (TPSA) is 77.9 Å². The fraction of sp³-hybridized carbons (Fsp3) is 0.462. The minimum absolute atomic E-state index is 0.0707. The summed E-state index contributed by atoms with van der Waals surface area (Å²) in [4.78, 5) is 12.6. The van der Waals surface area contributed by atoms with Gasteiger partial charge in [0.25, 0.3) is 0 Å². The number of halogens is 2. The van der Waals surface area contributed by atoms with E-state index in [0.29, 0.717) is 13.1 Å². The Balaban J connectivity index is 2.12. The van der Waals surface area contributed by atoms with E-state index in [-0.39, 0.29) is 23.0 Å². The summed E-state index contributed by atoms with van der Waals surface area (Å²) in [7, 11) is -3.76. The number of carbonyl (C=O) groups is 1. The van der Waals surface area contributed by atoms with E-state index in [1.54, 1.807) is 11.8 Å². The highest BCUT2D eigenvalue weighted by Gasteiger charge is 2.31. The molecule has 1 aliphatic heterocycles. The third-order valence-corrected chi connectivity index (χ3v) is 5.89. The van der Waals surface area contributed by atoms with Crippen molar-refractivity contribution in [2.45, 2.75) is 17.9 Å². The summed E-state index contributed by atoms with van der Waals surface area (Å²) in [6.07, 6.45) is 0. The lowest BCUT2D eigenvalue weighted by atomic mass is 10.2. The molecule has 1 saturated heterocycles. The van der Waals surface area contributed by atoms with Crippen LogP contribution in [0.5, 0.6) is 0 Å². The average molecular weight is 351 g/mol. The second-order valence-electron chi connectivity index (χ2n) is 5.03. The first-order valence-corrected chi connectivity index (χ1v) is 8.47. The highest BCUT2D eigenvalue weighted by atomic mass is 35.5. The molecule has 0 aliphatic carbocycles. The Morgan fingerprint density at radius 1 is 1.32 bits per heavy atom. The lowest BCUT2D eigenvalue weighted by Gasteiger charge is -2.35. The third kappa shape index (κ3) is 3.40. The maximum Gasteiger partial charge on any atom is 0.320 e. The molecule has 9 heteroatoms. The molecule has 1 aliphatic rings. The van der Waals surface area contributed by atoms with Crippen LogP contribution in [0, 0.1) is 5.82 Å². The molecule has 0 bridgehead atoms. The molecule has 1 aromatic carbocycles. The Morgan fingerprint density at radius 2 is 1.91 bits per heavy atom. The molecule has 2 rings (SSSR count). The van der Waals surface area contributed by atoms with Crippen molar-refractivity contribution >= 4 is 27.6 Å². The van der Waals surface area contributed by atoms with Crippen LogP contribution >= 0.6 is 11.6 Å². The molecule has 0 radical (unpaired) electrons. The molecule has 0 amide bonds. The lowest BCUT2D eigenvalue weighted by Crippen LogP contribution is -2.53. The van der Waals surface area contributed by atoms with Gasteiger partial charge < -0.3 is 5.11 Å². The Hall–Kier alpha value is -1.22. The molecular formula is C13H16ClFN2O4S. The molecule has 0 spiro atoms. The molecular weight excluding hydrogens is 335 g/mol. The Kier molecular flexibility index (Phi) is 5.06. The summed E-state index contributed by atoms with van der Waals surface area (Å²) >= 11 is 5.63. The molecule has 122 valence electrons. The van der Waals surface area contributed by atoms with Crippen LogP contribution < -0.4 is 0 Å². The molecule has 1 fully saturated rings. The van der Waals surface area contributed by atoms with Crippen LogP contribution in [0.3, 0.4) is 0 Å². The van der Waals surface area contributed by atoms with Gasteiger partial charge >= 0.3 is 5.97 Å². The van der Waals surface area contributed by atoms with E-state index < -0.39 is 27.9 Å². The Morgan fingerprint density at radius 3 is 2.41 bits per heavy atom. The second-order valence-corrected chi connectivity index (χ2v) is 7.38. The lowest BCUT2D eigenvalue weighted by molar-refractivity contribution is -0.143. The first-order chi connectivity index (χ1) is 10.2. The normalized spacial score (nSPS) is 19.0. The van der Waals surface area contributed by atoms with Crippen LogP contribution in [0.25, 0.3) is 0 Å². The van der Waals surface area contributed by atoms with Gasteiger partial charge in [0.05, 0.1) is 9.92 Å². The van der Waals surface area contributed by atoms with Crippen LogP contribution in [0.1, 0.15) is 6.92 Å². The van der Waals surface area contributed by atoms with Crippen molar-refractivity contribution in [2.75, 3.05) is 26.2 Å². The Bertz CT molecular complexity index is 675. The van der Waals surface area contributed by atoms with Crippen molar-refractivity contribution in [3.63, 3.8) is 0 Å². The Labute approximate surface area is 133 Å². The summed E-state index contributed by atoms with van der Waals surface area (Å²) in [5.41, 5.74) is 0. The molecule has 0 saturated carbocycles. The summed E-state index contributed by atoms with van der Waals surface area (Å²) in [5.74, 6) is -1.62. The predicted octanol–water partition coefficient (Wildman–Crippen LogP) is 1.26. The summed E-state index contributed by atoms with van der Waals surface area (Å²) in [6.45, 7) is 2.55. The highest BCUT2D eigenvalue weighted by molar-refractivity contribution is 7.89. The highest BCUT2D eigenvalue weighted by Crippen LogP contribution is 2.23. The van der Waals surface area contributed by atoms with Crippen LogP contribution in [0.15, 0.2) is 23.1 Å². The molecule has 1 heterocycles. The SMILES string of the molecule is C[C@H](C(=O)O)N1CCN(S(=O)(=O)c2ccc(F)c(Cl)c2)CC1. The number of hydrogen-bond acceptors (Lipinski definition) is 4. The number of carboxylic acids is 1. The first-order valence-electron chi connectivity index (χ1n) is 6.65. The maximum absolute atomic E-state index is 13.1. The van der Waals surface area contributed by atoms with E-state index in [9.17, 15) is 17.6 Å². The minimum atomic E-state index is -3.76. The number of aliphatic carboxylic acids is 1. The fourth-order valence-corrected chi connectivity index (χ4v) is 3.97. The van der Waals surface area contributed by atoms with Gasteiger partial charge in [-0.05, 0) is 25.1 Å². The summed E-state index contributed by atoms with van der Waals surface area (Å²) in [5, 5.41) is 8.72. The van der Waals surface area contributed by atoms with Crippen molar-refractivity contribution in [1.82, 2.24) is 9.21 Å². The van der Waals surface area contributed by atoms with Crippen molar-refractivity contribution in [3.8, 4) is 0 Å². The number of hydrogen-bond donors (Lipinski definition) is 1. The summed E-state index contributed by atoms with van der Waals surface area (Å²) in [6, 6.07) is 2.60. The van der Waals surface area contributed by atoms with Gasteiger partial charge in [-0.3, -0.25) is 9.69 Å². The quantitative estimate of drug-likeness (QED) is 0.884. The maximum atomic E-state index is 13.1. The van der Waals surface area contributed by atoms with Crippen LogP contribution in [-0.2, 0) is 14.8 Å². The largest absolute Gasteiger partial charge is 0.480 e. The number of piperazine rings is 1. The second kappa shape index (κ2) is 6.49. The van der Waals surface area contributed by atoms with Crippen LogP contribution in [0.2, 0.25) is 5.02 Å². The van der Waals surface area contributed by atoms with Crippen molar-refractivity contribution in [3.05, 3.63) is 29.0 Å². The summed E-state index contributed by atoms with van der Waals surface area (Å²) < 4.78 is 39.3. The average Bonchev–Trinajstić information content (AvgIpc) is 2.49. The fourth-order valence-electron chi connectivity index (χ4n) is 2.27. The van der Waals surface area contributed by atoms with E-state index in [2.05, 4.69) is 0 Å². The van der Waals surface area contributed by atoms with Gasteiger partial charge in [-0.2, -0.15) is 4.31 Å². The van der Waals surface area contributed by atoms with E-state index in [4.69, 9.17) is 16.7 Å². The van der Waals surface area contributed by atoms with Gasteiger partial charge in [-0.1, -0.05) is 11.6 Å². The predicted molar refractivity (Wildman–Crippen MR) is 78.8 cm³/mol. The minimum Gasteiger partial charge on any atom is -0.480 e. The van der Waals surface area contributed by atoms with Crippen molar-refractivity contribution in [1.29, 1.82) is 0 Å². The number of nitrogens with zero attached hydrogens (tertiary/aromatic N) is 2. The first kappa shape index (κ1) is 17.1. The van der Waals surface area contributed by atoms with Gasteiger partial charge in [-0.15, -0.1) is 0 Å². The molecule has 6 nitrogen and oxygen atoms in total. The zero-order valence-electron chi connectivity index (χ0n) is 11.9. The zero-order valence-corrected chi connectivity index (χ0v) is 13.4. The number of sulfonamides is 1. The molecule has 1 aromatic rings. The van der Waals surface area contributed by atoms with Gasteiger partial charge in [0.15, 0.2) is 0 Å². The number of carboxylic acid groups (broad SMARTS) is 1. The zero-order chi connectivity index (χ0) is 16.5. The number of benzene rings is 1. The van der Waals surface area contributed by atoms with Gasteiger partial charge in [0.2, 0.25) is 10.0 Å². The van der Waals surface area contributed by atoms with Crippen LogP contribution in [0.4, 0.5) is 4.39 Å². The monoisotopic (exact) mass is 350 g/mol. The van der Waals surface area contributed by atoms with E-state index in [1.807, 2.05) is 0 Å². The standard InChI is InChI=1S/C13H16ClFN2O4S/c1-9(13(18)19)16-4-6-17(7-5-16)22(20,21)10-2-3-12(15)11(14)8-10/h2-3,8-9H,4-7H2,1H3,(H,18,19)/t9-/m1/s1. The number of rotatable bonds is 4. The van der Waals surface area contributed by atoms with Crippen LogP contribution in [-0.4, -0.2) is 60.9 Å². The van der Waals surface area contributed by atoms with Crippen molar-refractivity contribution in [2.24, 2.45) is 0 Å².